The number of primary amides is 1. The average Bonchev–Trinajstić information content (AvgIpc) is 2.93. The third kappa shape index (κ3) is 2.24. The summed E-state index contributed by atoms with van der Waals surface area (Å²) in [5, 5.41) is 1.17. The number of anilines is 1. The Hall–Kier alpha value is -1.73. The first-order valence-corrected chi connectivity index (χ1v) is 8.47. The third-order valence-corrected chi connectivity index (χ3v) is 5.61. The lowest BCUT2D eigenvalue weighted by molar-refractivity contribution is -0.130. The molecule has 2 aliphatic rings. The van der Waals surface area contributed by atoms with E-state index in [2.05, 4.69) is 14.9 Å². The van der Waals surface area contributed by atoms with Crippen LogP contribution in [0.2, 0.25) is 0 Å². The molecule has 116 valence electrons. The molecule has 1 amide bonds. The highest BCUT2D eigenvalue weighted by atomic mass is 32.1. The van der Waals surface area contributed by atoms with E-state index in [1.807, 2.05) is 0 Å². The van der Waals surface area contributed by atoms with Crippen LogP contribution in [-0.4, -0.2) is 41.7 Å². The summed E-state index contributed by atoms with van der Waals surface area (Å²) >= 11 is 1.78. The summed E-state index contributed by atoms with van der Waals surface area (Å²) in [6.07, 6.45) is 5.77. The number of aryl methyl sites for hydroxylation is 2. The average molecular weight is 318 g/mol. The van der Waals surface area contributed by atoms with Crippen LogP contribution >= 0.6 is 11.3 Å². The Bertz CT molecular complexity index is 730. The minimum absolute atomic E-state index is 0.414. The Morgan fingerprint density at radius 2 is 2.23 bits per heavy atom. The van der Waals surface area contributed by atoms with E-state index in [4.69, 9.17) is 10.5 Å². The van der Waals surface area contributed by atoms with Gasteiger partial charge in [-0.05, 0) is 31.2 Å². The van der Waals surface area contributed by atoms with E-state index in [-0.39, 0.29) is 0 Å². The number of hydrogen-bond donors (Lipinski definition) is 1. The fourth-order valence-electron chi connectivity index (χ4n) is 3.33. The third-order valence-electron chi connectivity index (χ3n) is 4.41. The first-order valence-electron chi connectivity index (χ1n) is 7.65. The molecule has 0 aromatic carbocycles. The highest BCUT2D eigenvalue weighted by molar-refractivity contribution is 7.19. The van der Waals surface area contributed by atoms with Crippen LogP contribution in [0, 0.1) is 0 Å². The zero-order valence-corrected chi connectivity index (χ0v) is 13.1. The first kappa shape index (κ1) is 13.9. The van der Waals surface area contributed by atoms with Crippen LogP contribution in [-0.2, 0) is 22.4 Å². The summed E-state index contributed by atoms with van der Waals surface area (Å²) in [5.41, 5.74) is 6.80. The predicted octanol–water partition coefficient (Wildman–Crippen LogP) is 1.26. The van der Waals surface area contributed by atoms with Gasteiger partial charge in [0, 0.05) is 11.4 Å². The molecule has 1 atom stereocenters. The Kier molecular flexibility index (Phi) is 3.46. The Labute approximate surface area is 132 Å². The van der Waals surface area contributed by atoms with Crippen molar-refractivity contribution < 1.29 is 9.53 Å². The van der Waals surface area contributed by atoms with Crippen molar-refractivity contribution >= 4 is 33.3 Å². The molecule has 7 heteroatoms. The van der Waals surface area contributed by atoms with Gasteiger partial charge < -0.3 is 15.4 Å². The van der Waals surface area contributed by atoms with Crippen LogP contribution in [0.4, 0.5) is 5.82 Å². The highest BCUT2D eigenvalue weighted by Crippen LogP contribution is 2.39. The minimum atomic E-state index is -0.562. The quantitative estimate of drug-likeness (QED) is 0.901. The molecule has 1 unspecified atom stereocenters. The number of rotatable bonds is 2. The van der Waals surface area contributed by atoms with Gasteiger partial charge >= 0.3 is 0 Å². The molecule has 1 saturated heterocycles. The lowest BCUT2D eigenvalue weighted by Crippen LogP contribution is -2.48. The van der Waals surface area contributed by atoms with Crippen molar-refractivity contribution in [3.05, 3.63) is 16.8 Å². The van der Waals surface area contributed by atoms with Crippen molar-refractivity contribution in [3.63, 3.8) is 0 Å². The summed E-state index contributed by atoms with van der Waals surface area (Å²) in [7, 11) is 0. The van der Waals surface area contributed by atoms with Crippen LogP contribution in [0.15, 0.2) is 6.33 Å². The van der Waals surface area contributed by atoms with Gasteiger partial charge in [-0.25, -0.2) is 9.97 Å². The molecular formula is C15H18N4O2S. The van der Waals surface area contributed by atoms with Gasteiger partial charge in [-0.3, -0.25) is 4.79 Å². The fraction of sp³-hybridized carbons (Fsp3) is 0.533. The number of thiophene rings is 1. The largest absolute Gasteiger partial charge is 0.367 e. The lowest BCUT2D eigenvalue weighted by atomic mass is 9.97. The second-order valence-corrected chi connectivity index (χ2v) is 6.88. The van der Waals surface area contributed by atoms with Gasteiger partial charge in [0.1, 0.15) is 17.0 Å². The van der Waals surface area contributed by atoms with E-state index in [1.165, 1.54) is 28.7 Å². The Morgan fingerprint density at radius 3 is 3.09 bits per heavy atom. The molecule has 0 bridgehead atoms. The molecule has 6 nitrogen and oxygen atoms in total. The van der Waals surface area contributed by atoms with Gasteiger partial charge in [-0.1, -0.05) is 0 Å². The summed E-state index contributed by atoms with van der Waals surface area (Å²) in [5.74, 6) is 0.515. The van der Waals surface area contributed by atoms with Crippen LogP contribution in [0.5, 0.6) is 0 Å². The van der Waals surface area contributed by atoms with E-state index >= 15 is 0 Å². The van der Waals surface area contributed by atoms with Crippen molar-refractivity contribution in [2.45, 2.75) is 31.8 Å². The van der Waals surface area contributed by atoms with Gasteiger partial charge in [0.2, 0.25) is 5.91 Å². The Balaban J connectivity index is 1.78. The van der Waals surface area contributed by atoms with Crippen molar-refractivity contribution in [2.75, 3.05) is 24.6 Å². The lowest BCUT2D eigenvalue weighted by Gasteiger charge is -2.32. The standard InChI is InChI=1S/C15H18N4O2S/c16-13(20)10-7-19(5-6-21-10)14-12-9-3-1-2-4-11(9)22-15(12)18-8-17-14/h8,10H,1-7H2,(H2,16,20). The molecule has 3 heterocycles. The van der Waals surface area contributed by atoms with E-state index in [9.17, 15) is 4.79 Å². The molecule has 0 saturated carbocycles. The number of hydrogen-bond acceptors (Lipinski definition) is 6. The number of fused-ring (bicyclic) bond motifs is 3. The maximum absolute atomic E-state index is 11.4. The van der Waals surface area contributed by atoms with Crippen molar-refractivity contribution in [2.24, 2.45) is 5.73 Å². The zero-order valence-electron chi connectivity index (χ0n) is 12.2. The molecule has 0 spiro atoms. The number of carbonyl (C=O) groups excluding carboxylic acids is 1. The highest BCUT2D eigenvalue weighted by Gasteiger charge is 2.28. The smallest absolute Gasteiger partial charge is 0.248 e. The molecule has 2 aromatic rings. The van der Waals surface area contributed by atoms with E-state index in [0.29, 0.717) is 13.2 Å². The van der Waals surface area contributed by atoms with Gasteiger partial charge in [0.25, 0.3) is 0 Å². The molecule has 0 radical (unpaired) electrons. The Morgan fingerprint density at radius 1 is 1.36 bits per heavy atom. The molecule has 1 aliphatic carbocycles. The van der Waals surface area contributed by atoms with Gasteiger partial charge in [-0.15, -0.1) is 11.3 Å². The van der Waals surface area contributed by atoms with Crippen molar-refractivity contribution in [3.8, 4) is 0 Å². The van der Waals surface area contributed by atoms with Gasteiger partial charge in [0.15, 0.2) is 6.10 Å². The monoisotopic (exact) mass is 318 g/mol. The normalized spacial score (nSPS) is 21.8. The zero-order chi connectivity index (χ0) is 15.1. The number of aromatic nitrogens is 2. The topological polar surface area (TPSA) is 81.3 Å². The van der Waals surface area contributed by atoms with Crippen LogP contribution < -0.4 is 10.6 Å². The first-order chi connectivity index (χ1) is 10.7. The van der Waals surface area contributed by atoms with Crippen LogP contribution in [0.3, 0.4) is 0 Å². The predicted molar refractivity (Wildman–Crippen MR) is 85.2 cm³/mol. The molecule has 2 aromatic heterocycles. The molecule has 22 heavy (non-hydrogen) atoms. The molecular weight excluding hydrogens is 300 g/mol. The second kappa shape index (κ2) is 5.48. The molecule has 1 aliphatic heterocycles. The number of carbonyl (C=O) groups is 1. The van der Waals surface area contributed by atoms with E-state index in [0.717, 1.165) is 30.0 Å². The SMILES string of the molecule is NC(=O)C1CN(c2ncnc3sc4c(c23)CCCC4)CCO1. The number of morpholine rings is 1. The minimum Gasteiger partial charge on any atom is -0.367 e. The van der Waals surface area contributed by atoms with E-state index in [1.54, 1.807) is 17.7 Å². The van der Waals surface area contributed by atoms with Gasteiger partial charge in [0.05, 0.1) is 18.5 Å². The number of ether oxygens (including phenoxy) is 1. The van der Waals surface area contributed by atoms with Crippen LogP contribution in [0.25, 0.3) is 10.2 Å². The summed E-state index contributed by atoms with van der Waals surface area (Å²) < 4.78 is 5.44. The fourth-order valence-corrected chi connectivity index (χ4v) is 4.55. The van der Waals surface area contributed by atoms with Crippen molar-refractivity contribution in [1.29, 1.82) is 0 Å². The summed E-state index contributed by atoms with van der Waals surface area (Å²) in [6, 6.07) is 0. The molecule has 2 N–H and O–H groups in total. The number of nitrogens with zero attached hydrogens (tertiary/aromatic N) is 3. The van der Waals surface area contributed by atoms with Crippen molar-refractivity contribution in [1.82, 2.24) is 9.97 Å². The second-order valence-electron chi connectivity index (χ2n) is 5.80. The maximum Gasteiger partial charge on any atom is 0.248 e. The van der Waals surface area contributed by atoms with Crippen LogP contribution in [0.1, 0.15) is 23.3 Å². The number of amides is 1. The number of nitrogens with two attached hydrogens (primary N) is 1. The maximum atomic E-state index is 11.4. The summed E-state index contributed by atoms with van der Waals surface area (Å²) in [6.45, 7) is 1.68. The molecule has 4 rings (SSSR count). The summed E-state index contributed by atoms with van der Waals surface area (Å²) in [4.78, 5) is 25.0. The molecule has 1 fully saturated rings. The van der Waals surface area contributed by atoms with E-state index < -0.39 is 12.0 Å². The van der Waals surface area contributed by atoms with Gasteiger partial charge in [-0.2, -0.15) is 0 Å².